The lowest BCUT2D eigenvalue weighted by Gasteiger charge is -2.17. The molecule has 0 spiro atoms. The van der Waals surface area contributed by atoms with Gasteiger partial charge in [-0.3, -0.25) is 9.59 Å². The van der Waals surface area contributed by atoms with Crippen molar-refractivity contribution in [3.05, 3.63) is 54.1 Å². The number of aryl methyl sites for hydroxylation is 1. The maximum atomic E-state index is 12.0. The van der Waals surface area contributed by atoms with E-state index in [1.807, 2.05) is 42.5 Å². The molecule has 0 fully saturated rings. The molecule has 0 saturated heterocycles. The van der Waals surface area contributed by atoms with Gasteiger partial charge in [-0.1, -0.05) is 30.3 Å². The van der Waals surface area contributed by atoms with Crippen LogP contribution in [0.5, 0.6) is 0 Å². The van der Waals surface area contributed by atoms with Gasteiger partial charge in [0.05, 0.1) is 11.4 Å². The first-order valence-electron chi connectivity index (χ1n) is 7.11. The number of anilines is 2. The average Bonchev–Trinajstić information content (AvgIpc) is 2.53. The Morgan fingerprint density at radius 1 is 1.18 bits per heavy atom. The Kier molecular flexibility index (Phi) is 4.44. The normalized spacial score (nSPS) is 13.2. The molecule has 0 bridgehead atoms. The topological polar surface area (TPSA) is 58.2 Å². The molecule has 0 unspecified atom stereocenters. The predicted molar refractivity (Wildman–Crippen MR) is 89.2 cm³/mol. The Labute approximate surface area is 133 Å². The van der Waals surface area contributed by atoms with Crippen LogP contribution in [-0.4, -0.2) is 17.6 Å². The number of thioether (sulfide) groups is 1. The highest BCUT2D eigenvalue weighted by atomic mass is 32.2. The number of amides is 2. The first-order valence-corrected chi connectivity index (χ1v) is 8.10. The zero-order valence-electron chi connectivity index (χ0n) is 12.0. The van der Waals surface area contributed by atoms with Crippen LogP contribution in [0.3, 0.4) is 0 Å². The van der Waals surface area contributed by atoms with Gasteiger partial charge in [0, 0.05) is 17.0 Å². The van der Waals surface area contributed by atoms with Gasteiger partial charge in [-0.05, 0) is 30.2 Å². The largest absolute Gasteiger partial charge is 0.326 e. The Hall–Kier alpha value is -2.27. The van der Waals surface area contributed by atoms with Crippen molar-refractivity contribution in [2.24, 2.45) is 0 Å². The van der Waals surface area contributed by atoms with E-state index in [1.54, 1.807) is 6.07 Å². The predicted octanol–water partition coefficient (Wildman–Crippen LogP) is 3.30. The van der Waals surface area contributed by atoms with Crippen LogP contribution >= 0.6 is 11.8 Å². The Morgan fingerprint density at radius 2 is 2.00 bits per heavy atom. The number of carbonyl (C=O) groups excluding carboxylic acids is 2. The van der Waals surface area contributed by atoms with Crippen LogP contribution in [0.15, 0.2) is 53.4 Å². The van der Waals surface area contributed by atoms with Crippen LogP contribution in [0.25, 0.3) is 0 Å². The van der Waals surface area contributed by atoms with Gasteiger partial charge in [-0.15, -0.1) is 11.8 Å². The Bertz CT molecular complexity index is 701. The third-order valence-corrected chi connectivity index (χ3v) is 4.45. The van der Waals surface area contributed by atoms with Crippen LogP contribution in [0.1, 0.15) is 12.0 Å². The molecule has 2 amide bonds. The lowest BCUT2D eigenvalue weighted by molar-refractivity contribution is -0.116. The van der Waals surface area contributed by atoms with Crippen LogP contribution in [-0.2, 0) is 16.0 Å². The minimum absolute atomic E-state index is 0.00921. The SMILES string of the molecule is O=C(CCc1ccccc1)Nc1ccc2c(c1)NC(=O)CS2. The van der Waals surface area contributed by atoms with Crippen LogP contribution in [0, 0.1) is 0 Å². The fourth-order valence-corrected chi connectivity index (χ4v) is 3.08. The van der Waals surface area contributed by atoms with Crippen molar-refractivity contribution in [1.29, 1.82) is 0 Å². The monoisotopic (exact) mass is 312 g/mol. The molecule has 0 radical (unpaired) electrons. The summed E-state index contributed by atoms with van der Waals surface area (Å²) in [7, 11) is 0. The fraction of sp³-hybridized carbons (Fsp3) is 0.176. The highest BCUT2D eigenvalue weighted by Gasteiger charge is 2.15. The molecule has 0 aliphatic carbocycles. The highest BCUT2D eigenvalue weighted by Crippen LogP contribution is 2.33. The van der Waals surface area contributed by atoms with Crippen molar-refractivity contribution in [2.75, 3.05) is 16.4 Å². The number of hydrogen-bond acceptors (Lipinski definition) is 3. The van der Waals surface area contributed by atoms with Crippen molar-refractivity contribution >= 4 is 35.0 Å². The van der Waals surface area contributed by atoms with Gasteiger partial charge in [-0.25, -0.2) is 0 Å². The van der Waals surface area contributed by atoms with E-state index in [2.05, 4.69) is 10.6 Å². The third kappa shape index (κ3) is 3.68. The summed E-state index contributed by atoms with van der Waals surface area (Å²) in [5, 5.41) is 5.70. The standard InChI is InChI=1S/C17H16N2O2S/c20-16(9-6-12-4-2-1-3-5-12)18-13-7-8-15-14(10-13)19-17(21)11-22-15/h1-5,7-8,10H,6,9,11H2,(H,18,20)(H,19,21). The second-order valence-electron chi connectivity index (χ2n) is 5.08. The zero-order chi connectivity index (χ0) is 15.4. The van der Waals surface area contributed by atoms with Gasteiger partial charge < -0.3 is 10.6 Å². The van der Waals surface area contributed by atoms with Crippen molar-refractivity contribution in [1.82, 2.24) is 0 Å². The molecule has 3 rings (SSSR count). The van der Waals surface area contributed by atoms with Crippen molar-refractivity contribution in [3.63, 3.8) is 0 Å². The second-order valence-corrected chi connectivity index (χ2v) is 6.10. The molecule has 2 aromatic carbocycles. The number of carbonyl (C=O) groups is 2. The van der Waals surface area contributed by atoms with E-state index in [-0.39, 0.29) is 11.8 Å². The lowest BCUT2D eigenvalue weighted by Crippen LogP contribution is -2.19. The molecule has 22 heavy (non-hydrogen) atoms. The van der Waals surface area contributed by atoms with Gasteiger partial charge in [0.25, 0.3) is 0 Å². The molecule has 0 aromatic heterocycles. The van der Waals surface area contributed by atoms with E-state index in [0.717, 1.165) is 16.1 Å². The smallest absolute Gasteiger partial charge is 0.234 e. The number of benzene rings is 2. The highest BCUT2D eigenvalue weighted by molar-refractivity contribution is 8.00. The third-order valence-electron chi connectivity index (χ3n) is 3.38. The molecular formula is C17H16N2O2S. The molecule has 4 nitrogen and oxygen atoms in total. The minimum atomic E-state index is -0.0291. The maximum absolute atomic E-state index is 12.0. The van der Waals surface area contributed by atoms with Gasteiger partial charge >= 0.3 is 0 Å². The summed E-state index contributed by atoms with van der Waals surface area (Å²) in [6.07, 6.45) is 1.15. The number of rotatable bonds is 4. The summed E-state index contributed by atoms with van der Waals surface area (Å²) in [5.74, 6) is 0.402. The Balaban J connectivity index is 1.60. The van der Waals surface area contributed by atoms with Crippen LogP contribution in [0.4, 0.5) is 11.4 Å². The molecule has 1 aliphatic rings. The van der Waals surface area contributed by atoms with Crippen molar-refractivity contribution in [2.45, 2.75) is 17.7 Å². The summed E-state index contributed by atoms with van der Waals surface area (Å²) in [6, 6.07) is 15.5. The van der Waals surface area contributed by atoms with Gasteiger partial charge in [0.1, 0.15) is 0 Å². The van der Waals surface area contributed by atoms with Crippen LogP contribution in [0.2, 0.25) is 0 Å². The van der Waals surface area contributed by atoms with Gasteiger partial charge in [0.15, 0.2) is 0 Å². The van der Waals surface area contributed by atoms with Gasteiger partial charge in [0.2, 0.25) is 11.8 Å². The quantitative estimate of drug-likeness (QED) is 0.910. The number of nitrogens with one attached hydrogen (secondary N) is 2. The number of fused-ring (bicyclic) bond motifs is 1. The average molecular weight is 312 g/mol. The lowest BCUT2D eigenvalue weighted by atomic mass is 10.1. The first-order chi connectivity index (χ1) is 10.7. The molecular weight excluding hydrogens is 296 g/mol. The van der Waals surface area contributed by atoms with E-state index in [9.17, 15) is 9.59 Å². The molecule has 2 aromatic rings. The van der Waals surface area contributed by atoms with E-state index in [4.69, 9.17) is 0 Å². The first kappa shape index (κ1) is 14.7. The number of hydrogen-bond donors (Lipinski definition) is 2. The minimum Gasteiger partial charge on any atom is -0.326 e. The Morgan fingerprint density at radius 3 is 2.82 bits per heavy atom. The fourth-order valence-electron chi connectivity index (χ4n) is 2.29. The molecule has 1 heterocycles. The van der Waals surface area contributed by atoms with Crippen LogP contribution < -0.4 is 10.6 Å². The second kappa shape index (κ2) is 6.66. The van der Waals surface area contributed by atoms with Gasteiger partial charge in [-0.2, -0.15) is 0 Å². The molecule has 112 valence electrons. The molecule has 1 aliphatic heterocycles. The molecule has 0 saturated carbocycles. The summed E-state index contributed by atoms with van der Waals surface area (Å²) in [6.45, 7) is 0. The summed E-state index contributed by atoms with van der Waals surface area (Å²) in [5.41, 5.74) is 2.62. The van der Waals surface area contributed by atoms with E-state index >= 15 is 0 Å². The summed E-state index contributed by atoms with van der Waals surface area (Å²) in [4.78, 5) is 24.4. The molecule has 5 heteroatoms. The van der Waals surface area contributed by atoms with E-state index in [0.29, 0.717) is 24.3 Å². The molecule has 2 N–H and O–H groups in total. The van der Waals surface area contributed by atoms with E-state index in [1.165, 1.54) is 11.8 Å². The maximum Gasteiger partial charge on any atom is 0.234 e. The molecule has 0 atom stereocenters. The summed E-state index contributed by atoms with van der Waals surface area (Å²) < 4.78 is 0. The summed E-state index contributed by atoms with van der Waals surface area (Å²) >= 11 is 1.51. The van der Waals surface area contributed by atoms with Crippen molar-refractivity contribution in [3.8, 4) is 0 Å². The van der Waals surface area contributed by atoms with Crippen molar-refractivity contribution < 1.29 is 9.59 Å². The zero-order valence-corrected chi connectivity index (χ0v) is 12.8. The van der Waals surface area contributed by atoms with E-state index < -0.39 is 0 Å².